The fourth-order valence-electron chi connectivity index (χ4n) is 2.17. The Hall–Kier alpha value is -1.70. The van der Waals surface area contributed by atoms with E-state index in [1.807, 2.05) is 24.3 Å². The molecule has 1 unspecified atom stereocenters. The second-order valence-corrected chi connectivity index (χ2v) is 5.26. The molecule has 2 N–H and O–H groups in total. The van der Waals surface area contributed by atoms with Crippen LogP contribution in [0.3, 0.4) is 0 Å². The van der Waals surface area contributed by atoms with Crippen LogP contribution in [-0.4, -0.2) is 43.1 Å². The van der Waals surface area contributed by atoms with Gasteiger partial charge in [0, 0.05) is 24.6 Å². The van der Waals surface area contributed by atoms with Gasteiger partial charge in [0.15, 0.2) is 5.82 Å². The predicted molar refractivity (Wildman–Crippen MR) is 79.8 cm³/mol. The van der Waals surface area contributed by atoms with Crippen molar-refractivity contribution in [1.82, 2.24) is 15.5 Å². The third-order valence-electron chi connectivity index (χ3n) is 3.24. The quantitative estimate of drug-likeness (QED) is 0.842. The first kappa shape index (κ1) is 14.2. The summed E-state index contributed by atoms with van der Waals surface area (Å²) in [5, 5.41) is 6.02. The lowest BCUT2D eigenvalue weighted by Gasteiger charge is -2.15. The van der Waals surface area contributed by atoms with E-state index in [-0.39, 0.29) is 4.84 Å². The number of H-pyrrole nitrogens is 1. The van der Waals surface area contributed by atoms with E-state index < -0.39 is 0 Å². The average Bonchev–Trinajstić information content (AvgIpc) is 2.78. The summed E-state index contributed by atoms with van der Waals surface area (Å²) in [5.74, 6) is 1.75. The largest absolute Gasteiger partial charge is 0.493 e. The summed E-state index contributed by atoms with van der Waals surface area (Å²) in [5.41, 5.74) is 0.877. The molecular weight excluding hydrogens is 290 g/mol. The molecule has 1 atom stereocenters. The van der Waals surface area contributed by atoms with E-state index in [0.717, 1.165) is 37.6 Å². The van der Waals surface area contributed by atoms with Crippen LogP contribution < -0.4 is 10.1 Å². The predicted octanol–water partition coefficient (Wildman–Crippen LogP) is 2.01. The first-order chi connectivity index (χ1) is 10.3. The van der Waals surface area contributed by atoms with Gasteiger partial charge in [-0.05, 0) is 24.4 Å². The van der Waals surface area contributed by atoms with Crippen molar-refractivity contribution in [1.29, 1.82) is 0 Å². The van der Waals surface area contributed by atoms with E-state index in [1.54, 1.807) is 0 Å². The monoisotopic (exact) mass is 307 g/mol. The van der Waals surface area contributed by atoms with E-state index in [9.17, 15) is 0 Å². The number of nitrogens with one attached hydrogen (secondary N) is 2. The minimum absolute atomic E-state index is 0.193. The molecule has 0 spiro atoms. The molecule has 1 saturated heterocycles. The third kappa shape index (κ3) is 3.90. The van der Waals surface area contributed by atoms with Crippen molar-refractivity contribution in [3.05, 3.63) is 29.1 Å². The second-order valence-electron chi connectivity index (χ2n) is 4.91. The molecule has 1 aromatic heterocycles. The highest BCUT2D eigenvalue weighted by Crippen LogP contribution is 2.21. The van der Waals surface area contributed by atoms with Gasteiger partial charge in [-0.3, -0.25) is 0 Å². The molecule has 112 valence electrons. The Morgan fingerprint density at radius 1 is 1.43 bits per heavy atom. The molecule has 0 bridgehead atoms. The molecule has 2 heterocycles. The molecule has 1 aromatic carbocycles. The van der Waals surface area contributed by atoms with Crippen LogP contribution in [0.5, 0.6) is 5.75 Å². The number of hydrogen-bond acceptors (Lipinski definition) is 6. The number of hydrogen-bond donors (Lipinski definition) is 2. The molecule has 6 nitrogen and oxygen atoms in total. The van der Waals surface area contributed by atoms with Gasteiger partial charge in [0.05, 0.1) is 19.8 Å². The third-order valence-corrected chi connectivity index (χ3v) is 3.42. The summed E-state index contributed by atoms with van der Waals surface area (Å²) in [6.45, 7) is 3.92. The van der Waals surface area contributed by atoms with Crippen LogP contribution in [0.2, 0.25) is 0 Å². The number of ether oxygens (including phenoxy) is 2. The van der Waals surface area contributed by atoms with Crippen LogP contribution in [0, 0.1) is 10.8 Å². The topological polar surface area (TPSA) is 72.3 Å². The average molecular weight is 307 g/mol. The normalized spacial score (nSPS) is 19.1. The van der Waals surface area contributed by atoms with Crippen LogP contribution in [0.1, 0.15) is 0 Å². The lowest BCUT2D eigenvalue weighted by molar-refractivity contribution is 0.102. The molecule has 0 amide bonds. The van der Waals surface area contributed by atoms with Crippen molar-refractivity contribution in [3.8, 4) is 17.1 Å². The van der Waals surface area contributed by atoms with E-state index in [2.05, 4.69) is 15.5 Å². The van der Waals surface area contributed by atoms with Crippen molar-refractivity contribution in [2.75, 3.05) is 32.9 Å². The molecule has 2 aromatic rings. The van der Waals surface area contributed by atoms with Crippen molar-refractivity contribution in [2.45, 2.75) is 0 Å². The van der Waals surface area contributed by atoms with Gasteiger partial charge in [-0.1, -0.05) is 12.1 Å². The number of nitrogens with zero attached hydrogens (tertiary/aromatic N) is 1. The smallest absolute Gasteiger partial charge is 0.314 e. The Bertz CT molecular complexity index is 632. The van der Waals surface area contributed by atoms with E-state index in [0.29, 0.717) is 18.3 Å². The zero-order valence-corrected chi connectivity index (χ0v) is 12.3. The molecule has 1 aliphatic heterocycles. The Balaban J connectivity index is 1.64. The van der Waals surface area contributed by atoms with Gasteiger partial charge in [-0.25, -0.2) is 5.16 Å². The van der Waals surface area contributed by atoms with E-state index in [4.69, 9.17) is 26.2 Å². The molecule has 1 aliphatic rings. The minimum Gasteiger partial charge on any atom is -0.493 e. The minimum atomic E-state index is 0.193. The molecule has 1 fully saturated rings. The van der Waals surface area contributed by atoms with E-state index >= 15 is 0 Å². The van der Waals surface area contributed by atoms with Crippen LogP contribution in [0.25, 0.3) is 11.4 Å². The maximum absolute atomic E-state index is 5.85. The number of rotatable bonds is 4. The molecule has 21 heavy (non-hydrogen) atoms. The van der Waals surface area contributed by atoms with Crippen LogP contribution in [0.4, 0.5) is 0 Å². The second kappa shape index (κ2) is 6.84. The first-order valence-corrected chi connectivity index (χ1v) is 7.29. The summed E-state index contributed by atoms with van der Waals surface area (Å²) < 4.78 is 16.3. The highest BCUT2D eigenvalue weighted by atomic mass is 32.1. The summed E-state index contributed by atoms with van der Waals surface area (Å²) in [6, 6.07) is 7.67. The van der Waals surface area contributed by atoms with Gasteiger partial charge in [-0.2, -0.15) is 4.98 Å². The van der Waals surface area contributed by atoms with Crippen LogP contribution >= 0.6 is 12.2 Å². The summed E-state index contributed by atoms with van der Waals surface area (Å²) in [4.78, 5) is 4.28. The van der Waals surface area contributed by atoms with Gasteiger partial charge in [0.2, 0.25) is 0 Å². The Morgan fingerprint density at radius 3 is 3.24 bits per heavy atom. The molecule has 0 aliphatic carbocycles. The van der Waals surface area contributed by atoms with Gasteiger partial charge < -0.3 is 19.3 Å². The maximum atomic E-state index is 5.85. The van der Waals surface area contributed by atoms with Gasteiger partial charge in [-0.15, -0.1) is 0 Å². The zero-order chi connectivity index (χ0) is 14.5. The van der Waals surface area contributed by atoms with Crippen molar-refractivity contribution in [2.24, 2.45) is 5.92 Å². The number of benzene rings is 1. The lowest BCUT2D eigenvalue weighted by Crippen LogP contribution is -2.27. The fraction of sp³-hybridized carbons (Fsp3) is 0.429. The molecule has 0 radical (unpaired) electrons. The van der Waals surface area contributed by atoms with E-state index in [1.165, 1.54) is 0 Å². The Morgan fingerprint density at radius 2 is 2.38 bits per heavy atom. The summed E-state index contributed by atoms with van der Waals surface area (Å²) >= 11 is 4.85. The van der Waals surface area contributed by atoms with Crippen molar-refractivity contribution in [3.63, 3.8) is 0 Å². The molecule has 7 heteroatoms. The van der Waals surface area contributed by atoms with Gasteiger partial charge in [0.25, 0.3) is 0 Å². The van der Waals surface area contributed by atoms with Gasteiger partial charge >= 0.3 is 4.84 Å². The van der Waals surface area contributed by atoms with Crippen molar-refractivity contribution < 1.29 is 14.0 Å². The molecular formula is C14H17N3O3S. The Labute approximate surface area is 127 Å². The standard InChI is InChI=1S/C14H17N3O3S/c21-14-16-13(17-20-14)11-2-1-3-12(6-11)19-9-10-7-15-4-5-18-8-10/h1-3,6,10,15H,4-5,7-9H2,(H,16,17,21). The number of aromatic amines is 1. The fourth-order valence-corrected chi connectivity index (χ4v) is 2.30. The van der Waals surface area contributed by atoms with Gasteiger partial charge in [0.1, 0.15) is 5.75 Å². The molecule has 3 rings (SSSR count). The number of aromatic nitrogens is 2. The summed E-state index contributed by atoms with van der Waals surface area (Å²) in [6.07, 6.45) is 0. The van der Waals surface area contributed by atoms with Crippen LogP contribution in [-0.2, 0) is 4.74 Å². The Kier molecular flexibility index (Phi) is 4.64. The zero-order valence-electron chi connectivity index (χ0n) is 11.5. The highest BCUT2D eigenvalue weighted by molar-refractivity contribution is 7.71. The molecule has 0 saturated carbocycles. The van der Waals surface area contributed by atoms with Crippen molar-refractivity contribution >= 4 is 12.2 Å². The maximum Gasteiger partial charge on any atom is 0.314 e. The highest BCUT2D eigenvalue weighted by Gasteiger charge is 2.13. The summed E-state index contributed by atoms with van der Waals surface area (Å²) in [7, 11) is 0. The van der Waals surface area contributed by atoms with Crippen LogP contribution in [0.15, 0.2) is 28.8 Å². The SMILES string of the molecule is S=c1nc(-c2cccc(OCC3CNCCOC3)c2)[nH]o1. The lowest BCUT2D eigenvalue weighted by atomic mass is 10.1. The first-order valence-electron chi connectivity index (χ1n) is 6.88.